The Morgan fingerprint density at radius 1 is 1.19 bits per heavy atom. The summed E-state index contributed by atoms with van der Waals surface area (Å²) in [5.74, 6) is -0.869. The van der Waals surface area contributed by atoms with Crippen LogP contribution in [0, 0.1) is 17.8 Å². The van der Waals surface area contributed by atoms with Crippen molar-refractivity contribution in [3.8, 4) is 0 Å². The van der Waals surface area contributed by atoms with Crippen molar-refractivity contribution >= 4 is 11.7 Å². The molecule has 3 nitrogen and oxygen atoms in total. The zero-order valence-corrected chi connectivity index (χ0v) is 13.8. The molecule has 1 aromatic rings. The molecule has 2 N–H and O–H groups in total. The van der Waals surface area contributed by atoms with Crippen LogP contribution in [0.4, 0.5) is 5.69 Å². The van der Waals surface area contributed by atoms with E-state index < -0.39 is 5.97 Å². The van der Waals surface area contributed by atoms with Gasteiger partial charge in [-0.15, -0.1) is 0 Å². The lowest BCUT2D eigenvalue weighted by molar-refractivity contribution is 0.0697. The number of benzene rings is 1. The van der Waals surface area contributed by atoms with Gasteiger partial charge in [0.1, 0.15) is 0 Å². The molecular weight excluding hydrogens is 262 g/mol. The molecule has 0 unspecified atom stereocenters. The first-order valence-electron chi connectivity index (χ1n) is 7.69. The van der Waals surface area contributed by atoms with Crippen molar-refractivity contribution in [3.05, 3.63) is 29.3 Å². The van der Waals surface area contributed by atoms with Crippen molar-refractivity contribution < 1.29 is 9.90 Å². The van der Waals surface area contributed by atoms with Gasteiger partial charge in [-0.25, -0.2) is 4.79 Å². The third-order valence-electron chi connectivity index (χ3n) is 4.32. The molecule has 0 amide bonds. The first-order chi connectivity index (χ1) is 9.58. The maximum Gasteiger partial charge on any atom is 0.337 e. The molecule has 3 heteroatoms. The predicted molar refractivity (Wildman–Crippen MR) is 87.0 cm³/mol. The zero-order valence-electron chi connectivity index (χ0n) is 13.8. The highest BCUT2D eigenvalue weighted by atomic mass is 16.4. The van der Waals surface area contributed by atoms with Crippen LogP contribution < -0.4 is 5.32 Å². The highest BCUT2D eigenvalue weighted by molar-refractivity contribution is 5.94. The summed E-state index contributed by atoms with van der Waals surface area (Å²) in [5.41, 5.74) is 2.76. The number of rotatable bonds is 3. The average molecular weight is 289 g/mol. The summed E-state index contributed by atoms with van der Waals surface area (Å²) >= 11 is 0. The topological polar surface area (TPSA) is 49.3 Å². The van der Waals surface area contributed by atoms with Crippen LogP contribution in [-0.2, 0) is 0 Å². The van der Waals surface area contributed by atoms with E-state index in [1.807, 2.05) is 19.1 Å². The predicted octanol–water partition coefficient (Wildman–Crippen LogP) is 4.71. The van der Waals surface area contributed by atoms with Gasteiger partial charge in [-0.2, -0.15) is 0 Å². The molecule has 1 aliphatic carbocycles. The van der Waals surface area contributed by atoms with Crippen LogP contribution in [0.2, 0.25) is 0 Å². The quantitative estimate of drug-likeness (QED) is 0.847. The van der Waals surface area contributed by atoms with E-state index in [0.29, 0.717) is 11.6 Å². The van der Waals surface area contributed by atoms with Gasteiger partial charge in [-0.3, -0.25) is 0 Å². The molecular formula is C18H27NO2. The van der Waals surface area contributed by atoms with Gasteiger partial charge in [0.05, 0.1) is 5.56 Å². The zero-order chi connectivity index (χ0) is 15.8. The highest BCUT2D eigenvalue weighted by Gasteiger charge is 2.38. The summed E-state index contributed by atoms with van der Waals surface area (Å²) in [7, 11) is 0. The van der Waals surface area contributed by atoms with Gasteiger partial charge >= 0.3 is 5.97 Å². The Morgan fingerprint density at radius 3 is 2.29 bits per heavy atom. The lowest BCUT2D eigenvalue weighted by atomic mass is 9.63. The van der Waals surface area contributed by atoms with Crippen LogP contribution in [-0.4, -0.2) is 17.1 Å². The Labute approximate surface area is 127 Å². The van der Waals surface area contributed by atoms with E-state index in [2.05, 4.69) is 33.0 Å². The van der Waals surface area contributed by atoms with Crippen molar-refractivity contribution in [1.82, 2.24) is 0 Å². The molecule has 0 bridgehead atoms. The number of aryl methyl sites for hydroxylation is 1. The van der Waals surface area contributed by atoms with Crippen LogP contribution in [0.25, 0.3) is 0 Å². The number of anilines is 1. The number of aromatic carboxylic acids is 1. The van der Waals surface area contributed by atoms with Gasteiger partial charge in [0.25, 0.3) is 0 Å². The van der Waals surface area contributed by atoms with Gasteiger partial charge < -0.3 is 10.4 Å². The Morgan fingerprint density at radius 2 is 1.76 bits per heavy atom. The molecule has 0 atom stereocenters. The fourth-order valence-electron chi connectivity index (χ4n) is 4.13. The summed E-state index contributed by atoms with van der Waals surface area (Å²) in [4.78, 5) is 11.4. The summed E-state index contributed by atoms with van der Waals surface area (Å²) < 4.78 is 0. The van der Waals surface area contributed by atoms with Gasteiger partial charge in [-0.1, -0.05) is 33.8 Å². The van der Waals surface area contributed by atoms with Gasteiger partial charge in [0.15, 0.2) is 0 Å². The van der Waals surface area contributed by atoms with Gasteiger partial charge in [0, 0.05) is 11.7 Å². The van der Waals surface area contributed by atoms with Crippen LogP contribution in [0.15, 0.2) is 18.2 Å². The largest absolute Gasteiger partial charge is 0.478 e. The lowest BCUT2D eigenvalue weighted by Crippen LogP contribution is -2.40. The molecule has 1 aliphatic rings. The van der Waals surface area contributed by atoms with Crippen molar-refractivity contribution in [3.63, 3.8) is 0 Å². The van der Waals surface area contributed by atoms with E-state index in [9.17, 15) is 9.90 Å². The summed E-state index contributed by atoms with van der Waals surface area (Å²) in [6.45, 7) is 11.2. The molecule has 116 valence electrons. The fraction of sp³-hybridized carbons (Fsp3) is 0.611. The first kappa shape index (κ1) is 15.9. The van der Waals surface area contributed by atoms with Crippen LogP contribution in [0.3, 0.4) is 0 Å². The molecule has 1 fully saturated rings. The van der Waals surface area contributed by atoms with Crippen molar-refractivity contribution in [2.45, 2.75) is 59.9 Å². The Bertz CT molecular complexity index is 530. The van der Waals surface area contributed by atoms with Gasteiger partial charge in [0.2, 0.25) is 0 Å². The molecule has 0 spiro atoms. The smallest absolute Gasteiger partial charge is 0.337 e. The van der Waals surface area contributed by atoms with Crippen molar-refractivity contribution in [1.29, 1.82) is 0 Å². The van der Waals surface area contributed by atoms with Crippen LogP contribution in [0.1, 0.15) is 62.9 Å². The number of carboxylic acid groups (broad SMARTS) is 1. The number of hydrogen-bond acceptors (Lipinski definition) is 2. The molecule has 0 saturated heterocycles. The monoisotopic (exact) mass is 289 g/mol. The molecule has 0 heterocycles. The SMILES string of the molecule is Cc1ccc(C(=O)O)c(NC2CC(C)(C)CC(C)(C)C2)c1. The minimum absolute atomic E-state index is 0.284. The van der Waals surface area contributed by atoms with E-state index in [4.69, 9.17) is 0 Å². The van der Waals surface area contributed by atoms with E-state index in [-0.39, 0.29) is 10.8 Å². The lowest BCUT2D eigenvalue weighted by Gasteiger charge is -2.45. The second-order valence-electron chi connectivity index (χ2n) is 8.11. The molecule has 1 aromatic carbocycles. The standard InChI is InChI=1S/C18H27NO2/c1-12-6-7-14(16(20)21)15(8-12)19-13-9-17(2,3)11-18(4,5)10-13/h6-8,13,19H,9-11H2,1-5H3,(H,20,21). The Balaban J connectivity index is 2.25. The first-order valence-corrected chi connectivity index (χ1v) is 7.69. The maximum atomic E-state index is 11.4. The summed E-state index contributed by atoms with van der Waals surface area (Å²) in [6.07, 6.45) is 3.35. The number of nitrogens with one attached hydrogen (secondary N) is 1. The molecule has 2 rings (SSSR count). The second-order valence-corrected chi connectivity index (χ2v) is 8.11. The van der Waals surface area contributed by atoms with Crippen LogP contribution >= 0.6 is 0 Å². The molecule has 21 heavy (non-hydrogen) atoms. The highest BCUT2D eigenvalue weighted by Crippen LogP contribution is 2.46. The van der Waals surface area contributed by atoms with Gasteiger partial charge in [-0.05, 0) is 54.7 Å². The van der Waals surface area contributed by atoms with Crippen molar-refractivity contribution in [2.24, 2.45) is 10.8 Å². The average Bonchev–Trinajstić information content (AvgIpc) is 2.23. The number of carbonyl (C=O) groups is 1. The second kappa shape index (κ2) is 5.36. The molecule has 0 aliphatic heterocycles. The van der Waals surface area contributed by atoms with E-state index in [0.717, 1.165) is 24.1 Å². The molecule has 0 aromatic heterocycles. The van der Waals surface area contributed by atoms with E-state index >= 15 is 0 Å². The van der Waals surface area contributed by atoms with Crippen molar-refractivity contribution in [2.75, 3.05) is 5.32 Å². The third-order valence-corrected chi connectivity index (χ3v) is 4.32. The summed E-state index contributed by atoms with van der Waals surface area (Å²) in [6, 6.07) is 5.81. The Kier molecular flexibility index (Phi) is 4.05. The van der Waals surface area contributed by atoms with Crippen LogP contribution in [0.5, 0.6) is 0 Å². The van der Waals surface area contributed by atoms with E-state index in [1.165, 1.54) is 6.42 Å². The maximum absolute atomic E-state index is 11.4. The fourth-order valence-corrected chi connectivity index (χ4v) is 4.13. The third kappa shape index (κ3) is 3.99. The minimum atomic E-state index is -0.869. The van der Waals surface area contributed by atoms with E-state index in [1.54, 1.807) is 6.07 Å². The normalized spacial score (nSPS) is 21.0. The summed E-state index contributed by atoms with van der Waals surface area (Å²) in [5, 5.41) is 12.9. The Hall–Kier alpha value is -1.51. The molecule has 1 saturated carbocycles. The molecule has 0 radical (unpaired) electrons. The number of carboxylic acids is 1. The minimum Gasteiger partial charge on any atom is -0.478 e. The number of hydrogen-bond donors (Lipinski definition) is 2.